The Morgan fingerprint density at radius 2 is 1.89 bits per heavy atom. The van der Waals surface area contributed by atoms with Crippen molar-refractivity contribution in [1.82, 2.24) is 0 Å². The maximum absolute atomic E-state index is 12.8. The van der Waals surface area contributed by atoms with Gasteiger partial charge in [-0.2, -0.15) is 0 Å². The van der Waals surface area contributed by atoms with E-state index in [1.54, 1.807) is 12.1 Å². The number of phenols is 1. The van der Waals surface area contributed by atoms with E-state index in [1.807, 2.05) is 4.90 Å². The standard InChI is InChI=1S/C18H18NO7P/c1-27(22,23)26-12-2-3-13-15(10-12)25-16-9-11(19-4-6-24-7-5-19)8-14(20)17(16)18(13)21/h2-3,8-10,20H,4-7H2,1H3,(H,22,23). The smallest absolute Gasteiger partial charge is 0.373 e. The third-order valence-corrected chi connectivity index (χ3v) is 4.91. The molecule has 1 saturated heterocycles. The van der Waals surface area contributed by atoms with Crippen LogP contribution < -0.4 is 14.9 Å². The number of nitrogens with zero attached hydrogens (tertiary/aromatic N) is 1. The fourth-order valence-electron chi connectivity index (χ4n) is 3.18. The molecule has 0 spiro atoms. The van der Waals surface area contributed by atoms with Gasteiger partial charge in [-0.15, -0.1) is 0 Å². The van der Waals surface area contributed by atoms with Crippen molar-refractivity contribution in [1.29, 1.82) is 0 Å². The lowest BCUT2D eigenvalue weighted by molar-refractivity contribution is 0.122. The number of hydrogen-bond donors (Lipinski definition) is 2. The van der Waals surface area contributed by atoms with Crippen molar-refractivity contribution in [3.8, 4) is 11.5 Å². The molecule has 27 heavy (non-hydrogen) atoms. The summed E-state index contributed by atoms with van der Waals surface area (Å²) in [4.78, 5) is 24.2. The zero-order valence-electron chi connectivity index (χ0n) is 14.5. The highest BCUT2D eigenvalue weighted by Gasteiger charge is 2.19. The molecule has 8 nitrogen and oxygen atoms in total. The molecule has 4 rings (SSSR count). The Morgan fingerprint density at radius 3 is 2.59 bits per heavy atom. The Morgan fingerprint density at radius 1 is 1.15 bits per heavy atom. The molecule has 9 heteroatoms. The maximum atomic E-state index is 12.8. The highest BCUT2D eigenvalue weighted by atomic mass is 31.2. The molecule has 0 radical (unpaired) electrons. The molecule has 0 bridgehead atoms. The molecular formula is C18H18NO7P. The van der Waals surface area contributed by atoms with Crippen molar-refractivity contribution in [3.63, 3.8) is 0 Å². The molecule has 1 unspecified atom stereocenters. The summed E-state index contributed by atoms with van der Waals surface area (Å²) in [5.41, 5.74) is 0.783. The molecule has 1 aliphatic rings. The number of anilines is 1. The average molecular weight is 391 g/mol. The fraction of sp³-hybridized carbons (Fsp3) is 0.278. The highest BCUT2D eigenvalue weighted by molar-refractivity contribution is 7.52. The molecule has 1 aliphatic heterocycles. The quantitative estimate of drug-likeness (QED) is 0.518. The molecular weight excluding hydrogens is 373 g/mol. The Bertz CT molecular complexity index is 1130. The molecule has 2 N–H and O–H groups in total. The Hall–Kier alpha value is -2.54. The van der Waals surface area contributed by atoms with Gasteiger partial charge in [0.25, 0.3) is 0 Å². The van der Waals surface area contributed by atoms with Gasteiger partial charge in [0.1, 0.15) is 28.1 Å². The van der Waals surface area contributed by atoms with Gasteiger partial charge < -0.3 is 28.6 Å². The zero-order valence-corrected chi connectivity index (χ0v) is 15.4. The van der Waals surface area contributed by atoms with Gasteiger partial charge >= 0.3 is 7.60 Å². The van der Waals surface area contributed by atoms with Crippen molar-refractivity contribution in [3.05, 3.63) is 40.6 Å². The van der Waals surface area contributed by atoms with Crippen molar-refractivity contribution < 1.29 is 28.2 Å². The second-order valence-corrected chi connectivity index (χ2v) is 8.21. The molecule has 0 amide bonds. The molecule has 1 atom stereocenters. The largest absolute Gasteiger partial charge is 0.507 e. The van der Waals surface area contributed by atoms with E-state index in [4.69, 9.17) is 13.7 Å². The lowest BCUT2D eigenvalue weighted by atomic mass is 10.1. The first-order valence-corrected chi connectivity index (χ1v) is 10.4. The van der Waals surface area contributed by atoms with Gasteiger partial charge in [0.2, 0.25) is 5.43 Å². The number of ether oxygens (including phenoxy) is 1. The summed E-state index contributed by atoms with van der Waals surface area (Å²) < 4.78 is 27.6. The maximum Gasteiger partial charge on any atom is 0.373 e. The van der Waals surface area contributed by atoms with E-state index in [9.17, 15) is 19.4 Å². The van der Waals surface area contributed by atoms with E-state index in [0.717, 1.165) is 12.4 Å². The topological polar surface area (TPSA) is 109 Å². The van der Waals surface area contributed by atoms with E-state index in [0.29, 0.717) is 26.3 Å². The van der Waals surface area contributed by atoms with Crippen LogP contribution in [-0.4, -0.2) is 43.0 Å². The van der Waals surface area contributed by atoms with Crippen LogP contribution in [-0.2, 0) is 9.30 Å². The number of morpholine rings is 1. The summed E-state index contributed by atoms with van der Waals surface area (Å²) >= 11 is 0. The van der Waals surface area contributed by atoms with Crippen LogP contribution in [0.15, 0.2) is 39.5 Å². The summed E-state index contributed by atoms with van der Waals surface area (Å²) in [6, 6.07) is 7.50. The minimum atomic E-state index is -3.74. The van der Waals surface area contributed by atoms with Crippen LogP contribution in [0.4, 0.5) is 5.69 Å². The van der Waals surface area contributed by atoms with Gasteiger partial charge in [-0.3, -0.25) is 4.79 Å². The molecule has 142 valence electrons. The predicted molar refractivity (Wildman–Crippen MR) is 101 cm³/mol. The number of fused-ring (bicyclic) bond motifs is 2. The molecule has 2 aromatic carbocycles. The first-order chi connectivity index (χ1) is 12.8. The average Bonchev–Trinajstić information content (AvgIpc) is 2.60. The van der Waals surface area contributed by atoms with Crippen molar-refractivity contribution in [2.45, 2.75) is 0 Å². The van der Waals surface area contributed by atoms with Gasteiger partial charge in [0.05, 0.1) is 18.6 Å². The lowest BCUT2D eigenvalue weighted by Gasteiger charge is -2.29. The second kappa shape index (κ2) is 6.56. The first kappa shape index (κ1) is 17.9. The molecule has 3 aromatic rings. The van der Waals surface area contributed by atoms with E-state index in [-0.39, 0.29) is 38.9 Å². The summed E-state index contributed by atoms with van der Waals surface area (Å²) in [6.07, 6.45) is 0. The SMILES string of the molecule is CP(=O)(O)Oc1ccc2c(=O)c3c(O)cc(N4CCOCC4)cc3oc2c1. The second-order valence-electron chi connectivity index (χ2n) is 6.42. The predicted octanol–water partition coefficient (Wildman–Crippen LogP) is 2.68. The van der Waals surface area contributed by atoms with Crippen molar-refractivity contribution in [2.24, 2.45) is 0 Å². The van der Waals surface area contributed by atoms with Crippen LogP contribution in [0.2, 0.25) is 0 Å². The molecule has 1 aromatic heterocycles. The normalized spacial score (nSPS) is 17.2. The van der Waals surface area contributed by atoms with Crippen LogP contribution in [0.3, 0.4) is 0 Å². The number of rotatable bonds is 3. The number of benzene rings is 2. The Labute approximate surface area is 154 Å². The van der Waals surface area contributed by atoms with Crippen LogP contribution >= 0.6 is 7.60 Å². The van der Waals surface area contributed by atoms with Crippen LogP contribution in [0.25, 0.3) is 21.9 Å². The van der Waals surface area contributed by atoms with Gasteiger partial charge in [0, 0.05) is 43.6 Å². The van der Waals surface area contributed by atoms with Gasteiger partial charge in [-0.05, 0) is 12.1 Å². The van der Waals surface area contributed by atoms with Gasteiger partial charge in [-0.25, -0.2) is 4.57 Å². The Kier molecular flexibility index (Phi) is 4.34. The van der Waals surface area contributed by atoms with Crippen molar-refractivity contribution >= 4 is 35.2 Å². The summed E-state index contributed by atoms with van der Waals surface area (Å²) in [5.74, 6) is -0.0368. The molecule has 2 heterocycles. The number of aromatic hydroxyl groups is 1. The summed E-state index contributed by atoms with van der Waals surface area (Å²) in [7, 11) is -3.74. The van der Waals surface area contributed by atoms with Gasteiger partial charge in [0.15, 0.2) is 0 Å². The molecule has 0 saturated carbocycles. The summed E-state index contributed by atoms with van der Waals surface area (Å²) in [5, 5.41) is 10.8. The molecule has 0 aliphatic carbocycles. The number of phenolic OH excluding ortho intramolecular Hbond substituents is 1. The monoisotopic (exact) mass is 391 g/mol. The van der Waals surface area contributed by atoms with Crippen LogP contribution in [0, 0.1) is 0 Å². The third kappa shape index (κ3) is 3.51. The first-order valence-electron chi connectivity index (χ1n) is 8.38. The van der Waals surface area contributed by atoms with Crippen LogP contribution in [0.1, 0.15) is 0 Å². The fourth-order valence-corrected chi connectivity index (χ4v) is 3.68. The summed E-state index contributed by atoms with van der Waals surface area (Å²) in [6.45, 7) is 3.57. The van der Waals surface area contributed by atoms with Gasteiger partial charge in [-0.1, -0.05) is 0 Å². The van der Waals surface area contributed by atoms with E-state index < -0.39 is 7.60 Å². The van der Waals surface area contributed by atoms with Crippen molar-refractivity contribution in [2.75, 3.05) is 37.9 Å². The zero-order chi connectivity index (χ0) is 19.2. The molecule has 1 fully saturated rings. The third-order valence-electron chi connectivity index (χ3n) is 4.36. The van der Waals surface area contributed by atoms with E-state index in [1.165, 1.54) is 18.2 Å². The minimum absolute atomic E-state index is 0.0940. The highest BCUT2D eigenvalue weighted by Crippen LogP contribution is 2.39. The Balaban J connectivity index is 1.88. The van der Waals surface area contributed by atoms with E-state index in [2.05, 4.69) is 0 Å². The minimum Gasteiger partial charge on any atom is -0.507 e. The lowest BCUT2D eigenvalue weighted by Crippen LogP contribution is -2.36. The number of hydrogen-bond acceptors (Lipinski definition) is 7. The van der Waals surface area contributed by atoms with E-state index >= 15 is 0 Å². The van der Waals surface area contributed by atoms with Crippen LogP contribution in [0.5, 0.6) is 11.5 Å².